The largest absolute Gasteiger partial charge is 0.379 e. The molecule has 0 aromatic heterocycles. The average Bonchev–Trinajstić information content (AvgIpc) is 1.27. The third-order valence-corrected chi connectivity index (χ3v) is 0.455. The van der Waals surface area contributed by atoms with Gasteiger partial charge in [-0.25, -0.2) is 0 Å². The zero-order valence-corrected chi connectivity index (χ0v) is 4.39. The molecular formula is C4H11N2O. The maximum atomic E-state index is 8.49. The molecule has 0 aliphatic rings. The second-order valence-corrected chi connectivity index (χ2v) is 1.45. The molecular weight excluding hydrogens is 92.1 g/mol. The first-order chi connectivity index (χ1) is 3.13. The number of aliphatic hydroxyl groups is 1. The van der Waals surface area contributed by atoms with Crippen LogP contribution in [0.3, 0.4) is 0 Å². The summed E-state index contributed by atoms with van der Waals surface area (Å²) in [5.41, 5.74) is 5.11. The number of rotatable bonds is 2. The lowest BCUT2D eigenvalue weighted by Crippen LogP contribution is -2.40. The number of hydrogen-bond donors (Lipinski definition) is 3. The summed E-state index contributed by atoms with van der Waals surface area (Å²) in [6.45, 7) is 4.97. The first kappa shape index (κ1) is 6.88. The lowest BCUT2D eigenvalue weighted by Gasteiger charge is -2.08. The van der Waals surface area contributed by atoms with Crippen LogP contribution in [0.15, 0.2) is 0 Å². The van der Waals surface area contributed by atoms with Gasteiger partial charge in [-0.3, -0.25) is 5.32 Å². The third-order valence-electron chi connectivity index (χ3n) is 0.455. The summed E-state index contributed by atoms with van der Waals surface area (Å²) in [6.07, 6.45) is -0.938. The Kier molecular flexibility index (Phi) is 2.91. The summed E-state index contributed by atoms with van der Waals surface area (Å²) in [6, 6.07) is 0. The van der Waals surface area contributed by atoms with E-state index in [1.54, 1.807) is 6.92 Å². The van der Waals surface area contributed by atoms with Crippen molar-refractivity contribution in [2.24, 2.45) is 5.73 Å². The second kappa shape index (κ2) is 2.96. The fourth-order valence-corrected chi connectivity index (χ4v) is 0.310. The Bertz CT molecular complexity index is 39.0. The maximum Gasteiger partial charge on any atom is 0.103 e. The molecule has 43 valence electrons. The normalized spacial score (nSPS) is 18.9. The molecule has 0 aliphatic carbocycles. The van der Waals surface area contributed by atoms with Gasteiger partial charge in [0.15, 0.2) is 0 Å². The van der Waals surface area contributed by atoms with Crippen LogP contribution in [-0.4, -0.2) is 17.5 Å². The minimum atomic E-state index is -0.563. The van der Waals surface area contributed by atoms with E-state index in [4.69, 9.17) is 10.8 Å². The van der Waals surface area contributed by atoms with Crippen LogP contribution in [0, 0.1) is 6.92 Å². The molecule has 0 saturated heterocycles. The predicted octanol–water partition coefficient (Wildman–Crippen LogP) is -0.967. The van der Waals surface area contributed by atoms with Crippen molar-refractivity contribution >= 4 is 0 Å². The average molecular weight is 103 g/mol. The van der Waals surface area contributed by atoms with E-state index in [1.807, 2.05) is 0 Å². The standard InChI is InChI=1S/C4H11N2O/c1-3(5)6-4(2)7/h3-4,6-7H,1,5H2,2H3. The van der Waals surface area contributed by atoms with Gasteiger partial charge < -0.3 is 10.8 Å². The fourth-order valence-electron chi connectivity index (χ4n) is 0.310. The smallest absolute Gasteiger partial charge is 0.103 e. The van der Waals surface area contributed by atoms with Crippen molar-refractivity contribution in [2.45, 2.75) is 19.3 Å². The molecule has 0 saturated carbocycles. The summed E-state index contributed by atoms with van der Waals surface area (Å²) in [5.74, 6) is 0. The summed E-state index contributed by atoms with van der Waals surface area (Å²) in [7, 11) is 0. The number of nitrogens with one attached hydrogen (secondary N) is 1. The van der Waals surface area contributed by atoms with Crippen LogP contribution in [0.25, 0.3) is 0 Å². The Morgan fingerprint density at radius 2 is 2.29 bits per heavy atom. The highest BCUT2D eigenvalue weighted by Gasteiger charge is 1.94. The van der Waals surface area contributed by atoms with E-state index in [0.29, 0.717) is 0 Å². The SMILES string of the molecule is [CH2]C(N)NC(C)O. The number of hydrogen-bond acceptors (Lipinski definition) is 3. The van der Waals surface area contributed by atoms with Crippen molar-refractivity contribution in [1.29, 1.82) is 0 Å². The second-order valence-electron chi connectivity index (χ2n) is 1.45. The van der Waals surface area contributed by atoms with Gasteiger partial charge in [-0.2, -0.15) is 0 Å². The zero-order valence-electron chi connectivity index (χ0n) is 4.39. The highest BCUT2D eigenvalue weighted by atomic mass is 16.3. The molecule has 0 spiro atoms. The van der Waals surface area contributed by atoms with Gasteiger partial charge in [0.25, 0.3) is 0 Å². The van der Waals surface area contributed by atoms with Crippen molar-refractivity contribution in [3.05, 3.63) is 6.92 Å². The molecule has 0 aromatic carbocycles. The highest BCUT2D eigenvalue weighted by Crippen LogP contribution is 1.70. The molecule has 0 amide bonds. The molecule has 3 nitrogen and oxygen atoms in total. The van der Waals surface area contributed by atoms with Crippen molar-refractivity contribution in [1.82, 2.24) is 5.32 Å². The molecule has 0 heterocycles. The first-order valence-electron chi connectivity index (χ1n) is 2.15. The van der Waals surface area contributed by atoms with Crippen LogP contribution < -0.4 is 11.1 Å². The lowest BCUT2D eigenvalue weighted by molar-refractivity contribution is 0.148. The van der Waals surface area contributed by atoms with Crippen molar-refractivity contribution in [3.8, 4) is 0 Å². The molecule has 3 heteroatoms. The van der Waals surface area contributed by atoms with E-state index in [0.717, 1.165) is 0 Å². The number of nitrogens with two attached hydrogens (primary N) is 1. The summed E-state index contributed by atoms with van der Waals surface area (Å²) >= 11 is 0. The molecule has 0 bridgehead atoms. The van der Waals surface area contributed by atoms with E-state index >= 15 is 0 Å². The van der Waals surface area contributed by atoms with Crippen molar-refractivity contribution in [2.75, 3.05) is 0 Å². The summed E-state index contributed by atoms with van der Waals surface area (Å²) in [4.78, 5) is 0. The van der Waals surface area contributed by atoms with E-state index in [1.165, 1.54) is 0 Å². The van der Waals surface area contributed by atoms with Crippen molar-refractivity contribution < 1.29 is 5.11 Å². The Hall–Kier alpha value is -0.120. The molecule has 7 heavy (non-hydrogen) atoms. The number of aliphatic hydroxyl groups excluding tert-OH is 1. The van der Waals surface area contributed by atoms with Gasteiger partial charge in [0.2, 0.25) is 0 Å². The molecule has 2 atom stereocenters. The van der Waals surface area contributed by atoms with Gasteiger partial charge in [-0.1, -0.05) is 0 Å². The topological polar surface area (TPSA) is 58.3 Å². The lowest BCUT2D eigenvalue weighted by atomic mass is 10.5. The fraction of sp³-hybridized carbons (Fsp3) is 0.750. The monoisotopic (exact) mass is 103 g/mol. The quantitative estimate of drug-likeness (QED) is 0.394. The molecule has 0 aliphatic heterocycles. The predicted molar refractivity (Wildman–Crippen MR) is 28.1 cm³/mol. The zero-order chi connectivity index (χ0) is 5.86. The Morgan fingerprint density at radius 1 is 1.86 bits per heavy atom. The van der Waals surface area contributed by atoms with Crippen LogP contribution in [0.1, 0.15) is 6.92 Å². The van der Waals surface area contributed by atoms with Crippen LogP contribution in [0.5, 0.6) is 0 Å². The molecule has 4 N–H and O–H groups in total. The van der Waals surface area contributed by atoms with Gasteiger partial charge in [-0.15, -0.1) is 0 Å². The van der Waals surface area contributed by atoms with Crippen LogP contribution in [-0.2, 0) is 0 Å². The summed E-state index contributed by atoms with van der Waals surface area (Å²) in [5, 5.41) is 11.0. The van der Waals surface area contributed by atoms with Gasteiger partial charge in [0.05, 0.1) is 6.17 Å². The van der Waals surface area contributed by atoms with Gasteiger partial charge in [0, 0.05) is 0 Å². The Morgan fingerprint density at radius 3 is 2.29 bits per heavy atom. The van der Waals surface area contributed by atoms with E-state index in [2.05, 4.69) is 12.2 Å². The van der Waals surface area contributed by atoms with Crippen LogP contribution >= 0.6 is 0 Å². The first-order valence-corrected chi connectivity index (χ1v) is 2.15. The minimum absolute atomic E-state index is 0.375. The van der Waals surface area contributed by atoms with Crippen LogP contribution in [0.2, 0.25) is 0 Å². The van der Waals surface area contributed by atoms with E-state index in [9.17, 15) is 0 Å². The van der Waals surface area contributed by atoms with Gasteiger partial charge >= 0.3 is 0 Å². The molecule has 1 radical (unpaired) electrons. The third kappa shape index (κ3) is 5.88. The molecule has 2 unspecified atom stereocenters. The van der Waals surface area contributed by atoms with Gasteiger partial charge in [0.1, 0.15) is 6.23 Å². The van der Waals surface area contributed by atoms with Crippen molar-refractivity contribution in [3.63, 3.8) is 0 Å². The Labute approximate surface area is 43.5 Å². The Balaban J connectivity index is 2.95. The maximum absolute atomic E-state index is 8.49. The molecule has 0 rings (SSSR count). The van der Waals surface area contributed by atoms with Crippen LogP contribution in [0.4, 0.5) is 0 Å². The molecule has 0 fully saturated rings. The van der Waals surface area contributed by atoms with Gasteiger partial charge in [-0.05, 0) is 13.8 Å². The van der Waals surface area contributed by atoms with E-state index < -0.39 is 6.23 Å². The van der Waals surface area contributed by atoms with E-state index in [-0.39, 0.29) is 6.17 Å². The molecule has 0 aromatic rings. The minimum Gasteiger partial charge on any atom is -0.379 e. The highest BCUT2D eigenvalue weighted by molar-refractivity contribution is 4.58. The summed E-state index contributed by atoms with van der Waals surface area (Å²) < 4.78 is 0.